The van der Waals surface area contributed by atoms with Gasteiger partial charge in [-0.2, -0.15) is 0 Å². The molecule has 0 bridgehead atoms. The summed E-state index contributed by atoms with van der Waals surface area (Å²) in [5, 5.41) is 3.68. The van der Waals surface area contributed by atoms with E-state index in [-0.39, 0.29) is 0 Å². The van der Waals surface area contributed by atoms with Gasteiger partial charge in [-0.15, -0.1) is 0 Å². The minimum absolute atomic E-state index is 0.573. The Labute approximate surface area is 173 Å². The van der Waals surface area contributed by atoms with Gasteiger partial charge >= 0.3 is 0 Å². The minimum atomic E-state index is 0.573. The first-order valence-corrected chi connectivity index (χ1v) is 10.6. The summed E-state index contributed by atoms with van der Waals surface area (Å²) in [5.41, 5.74) is 8.06. The van der Waals surface area contributed by atoms with Gasteiger partial charge in [0.05, 0.1) is 5.69 Å². The largest absolute Gasteiger partial charge is 0.371 e. The molecule has 146 valence electrons. The minimum Gasteiger partial charge on any atom is -0.371 e. The zero-order valence-corrected chi connectivity index (χ0v) is 16.7. The van der Waals surface area contributed by atoms with Crippen molar-refractivity contribution in [2.75, 3.05) is 18.0 Å². The Bertz CT molecular complexity index is 1000. The molecule has 0 unspecified atom stereocenters. The number of allylic oxidation sites excluding steroid dienone is 1. The van der Waals surface area contributed by atoms with E-state index in [1.54, 1.807) is 0 Å². The fraction of sp³-hybridized carbons (Fsp3) is 0.269. The molecule has 2 heterocycles. The van der Waals surface area contributed by atoms with Crippen LogP contribution in [0.1, 0.15) is 35.2 Å². The van der Waals surface area contributed by atoms with Gasteiger partial charge in [0.1, 0.15) is 0 Å². The van der Waals surface area contributed by atoms with Crippen LogP contribution in [-0.2, 0) is 13.0 Å². The summed E-state index contributed by atoms with van der Waals surface area (Å²) in [6.45, 7) is 3.06. The van der Waals surface area contributed by atoms with Crippen LogP contribution in [0.3, 0.4) is 0 Å². The van der Waals surface area contributed by atoms with Crippen LogP contribution in [0.25, 0.3) is 11.6 Å². The van der Waals surface area contributed by atoms with Crippen LogP contribution in [0.5, 0.6) is 0 Å². The van der Waals surface area contributed by atoms with Crippen molar-refractivity contribution in [3.63, 3.8) is 0 Å². The summed E-state index contributed by atoms with van der Waals surface area (Å²) in [5.74, 6) is 0. The van der Waals surface area contributed by atoms with Crippen molar-refractivity contribution in [1.82, 2.24) is 10.3 Å². The molecule has 0 atom stereocenters. The van der Waals surface area contributed by atoms with E-state index in [4.69, 9.17) is 0 Å². The van der Waals surface area contributed by atoms with Crippen molar-refractivity contribution in [1.29, 1.82) is 0 Å². The molecule has 3 nitrogen and oxygen atoms in total. The Morgan fingerprint density at radius 2 is 1.79 bits per heavy atom. The van der Waals surface area contributed by atoms with Crippen molar-refractivity contribution in [2.24, 2.45) is 0 Å². The maximum absolute atomic E-state index is 4.41. The number of nitrogens with zero attached hydrogens (tertiary/aromatic N) is 2. The lowest BCUT2D eigenvalue weighted by Crippen LogP contribution is -2.42. The summed E-state index contributed by atoms with van der Waals surface area (Å²) in [4.78, 5) is 6.94. The molecule has 1 aliphatic carbocycles. The van der Waals surface area contributed by atoms with E-state index in [1.807, 2.05) is 12.3 Å². The summed E-state index contributed by atoms with van der Waals surface area (Å²) < 4.78 is 0. The van der Waals surface area contributed by atoms with Gasteiger partial charge in [0.15, 0.2) is 0 Å². The lowest BCUT2D eigenvalue weighted by atomic mass is 10.0. The molecule has 1 aromatic heterocycles. The number of anilines is 1. The predicted molar refractivity (Wildman–Crippen MR) is 121 cm³/mol. The molecule has 0 spiro atoms. The highest BCUT2D eigenvalue weighted by molar-refractivity contribution is 5.89. The van der Waals surface area contributed by atoms with Crippen LogP contribution >= 0.6 is 0 Å². The monoisotopic (exact) mass is 381 g/mol. The third-order valence-electron chi connectivity index (χ3n) is 6.14. The third kappa shape index (κ3) is 4.10. The normalized spacial score (nSPS) is 16.6. The molecular formula is C26H27N3. The zero-order chi connectivity index (χ0) is 19.5. The predicted octanol–water partition coefficient (Wildman–Crippen LogP) is 4.94. The molecule has 2 aliphatic rings. The zero-order valence-electron chi connectivity index (χ0n) is 16.7. The van der Waals surface area contributed by atoms with Gasteiger partial charge in [-0.25, -0.2) is 0 Å². The molecule has 29 heavy (non-hydrogen) atoms. The highest BCUT2D eigenvalue weighted by Gasteiger charge is 2.20. The Morgan fingerprint density at radius 1 is 0.931 bits per heavy atom. The standard InChI is InChI=1S/C26H27N3/c1-2-7-21-17-23(16-20(21)6-1)22-8-5-10-26(18-22)29-14-11-24(12-15-29)28-19-25-9-3-4-13-27-25/h1-10,13,16,18,24,28H,11-12,14-15,17,19H2. The smallest absolute Gasteiger partial charge is 0.0541 e. The number of hydrogen-bond acceptors (Lipinski definition) is 3. The van der Waals surface area contributed by atoms with Crippen LogP contribution in [-0.4, -0.2) is 24.1 Å². The molecular weight excluding hydrogens is 354 g/mol. The Balaban J connectivity index is 1.20. The Morgan fingerprint density at radius 3 is 2.62 bits per heavy atom. The van der Waals surface area contributed by atoms with E-state index in [2.05, 4.69) is 81.9 Å². The Kier molecular flexibility index (Phi) is 5.14. The molecule has 3 aromatic rings. The first-order valence-electron chi connectivity index (χ1n) is 10.6. The number of hydrogen-bond donors (Lipinski definition) is 1. The van der Waals surface area contributed by atoms with Crippen LogP contribution in [0, 0.1) is 0 Å². The maximum atomic E-state index is 4.41. The highest BCUT2D eigenvalue weighted by Crippen LogP contribution is 2.33. The molecule has 2 aromatic carbocycles. The molecule has 1 aliphatic heterocycles. The molecule has 5 rings (SSSR count). The van der Waals surface area contributed by atoms with Crippen molar-refractivity contribution in [2.45, 2.75) is 31.8 Å². The van der Waals surface area contributed by atoms with Crippen molar-refractivity contribution in [3.05, 3.63) is 95.3 Å². The first-order chi connectivity index (χ1) is 14.3. The number of rotatable bonds is 5. The number of nitrogens with one attached hydrogen (secondary N) is 1. The maximum Gasteiger partial charge on any atom is 0.0541 e. The average Bonchev–Trinajstić information content (AvgIpc) is 3.23. The highest BCUT2D eigenvalue weighted by atomic mass is 15.1. The fourth-order valence-electron chi connectivity index (χ4n) is 4.46. The number of aromatic nitrogens is 1. The first kappa shape index (κ1) is 18.1. The third-order valence-corrected chi connectivity index (χ3v) is 6.14. The number of piperidine rings is 1. The van der Waals surface area contributed by atoms with Crippen molar-refractivity contribution < 1.29 is 0 Å². The van der Waals surface area contributed by atoms with Crippen LogP contribution in [0.2, 0.25) is 0 Å². The SMILES string of the molecule is C1=C(c2cccc(N3CCC(NCc4ccccn4)CC3)c2)Cc2ccccc21. The molecule has 3 heteroatoms. The average molecular weight is 382 g/mol. The van der Waals surface area contributed by atoms with E-state index in [0.717, 1.165) is 31.7 Å². The van der Waals surface area contributed by atoms with Gasteiger partial charge in [-0.3, -0.25) is 4.98 Å². The van der Waals surface area contributed by atoms with Crippen molar-refractivity contribution >= 4 is 17.3 Å². The van der Waals surface area contributed by atoms with Gasteiger partial charge in [0.25, 0.3) is 0 Å². The summed E-state index contributed by atoms with van der Waals surface area (Å²) in [6, 6.07) is 24.5. The quantitative estimate of drug-likeness (QED) is 0.679. The molecule has 1 saturated heterocycles. The number of fused-ring (bicyclic) bond motifs is 1. The van der Waals surface area contributed by atoms with E-state index >= 15 is 0 Å². The van der Waals surface area contributed by atoms with E-state index in [1.165, 1.54) is 40.8 Å². The Hall–Kier alpha value is -2.91. The molecule has 0 amide bonds. The van der Waals surface area contributed by atoms with Crippen LogP contribution in [0.15, 0.2) is 72.9 Å². The van der Waals surface area contributed by atoms with Crippen molar-refractivity contribution in [3.8, 4) is 0 Å². The summed E-state index contributed by atoms with van der Waals surface area (Å²) >= 11 is 0. The second-order valence-corrected chi connectivity index (χ2v) is 8.06. The summed E-state index contributed by atoms with van der Waals surface area (Å²) in [6.07, 6.45) is 7.60. The van der Waals surface area contributed by atoms with Gasteiger partial charge in [0.2, 0.25) is 0 Å². The van der Waals surface area contributed by atoms with E-state index in [0.29, 0.717) is 6.04 Å². The number of pyridine rings is 1. The molecule has 0 radical (unpaired) electrons. The second kappa shape index (κ2) is 8.22. The summed E-state index contributed by atoms with van der Waals surface area (Å²) in [7, 11) is 0. The lowest BCUT2D eigenvalue weighted by molar-refractivity contribution is 0.412. The molecule has 1 fully saturated rings. The molecule has 0 saturated carbocycles. The van der Waals surface area contributed by atoms with E-state index in [9.17, 15) is 0 Å². The number of benzene rings is 2. The van der Waals surface area contributed by atoms with Gasteiger partial charge < -0.3 is 10.2 Å². The van der Waals surface area contributed by atoms with Gasteiger partial charge in [-0.05, 0) is 65.8 Å². The lowest BCUT2D eigenvalue weighted by Gasteiger charge is -2.34. The van der Waals surface area contributed by atoms with Gasteiger partial charge in [-0.1, -0.05) is 48.5 Å². The van der Waals surface area contributed by atoms with E-state index < -0.39 is 0 Å². The molecule has 1 N–H and O–H groups in total. The topological polar surface area (TPSA) is 28.2 Å². The van der Waals surface area contributed by atoms with Crippen LogP contribution < -0.4 is 10.2 Å². The second-order valence-electron chi connectivity index (χ2n) is 8.06. The van der Waals surface area contributed by atoms with Gasteiger partial charge in [0, 0.05) is 37.6 Å². The fourth-order valence-corrected chi connectivity index (χ4v) is 4.46. The van der Waals surface area contributed by atoms with Crippen LogP contribution in [0.4, 0.5) is 5.69 Å².